The Bertz CT molecular complexity index is 598. The van der Waals surface area contributed by atoms with Crippen LogP contribution in [0, 0.1) is 0 Å². The summed E-state index contributed by atoms with van der Waals surface area (Å²) in [6, 6.07) is 0. The second kappa shape index (κ2) is 18.9. The van der Waals surface area contributed by atoms with Gasteiger partial charge >= 0.3 is 0 Å². The van der Waals surface area contributed by atoms with E-state index in [1.165, 1.54) is 96.3 Å². The smallest absolute Gasteiger partial charge is 0.209 e. The lowest BCUT2D eigenvalue weighted by atomic mass is 10.1. The fourth-order valence-electron chi connectivity index (χ4n) is 4.64. The van der Waals surface area contributed by atoms with Gasteiger partial charge < -0.3 is 9.90 Å². The Morgan fingerprint density at radius 3 is 1.88 bits per heavy atom. The Kier molecular flexibility index (Phi) is 16.9. The van der Waals surface area contributed by atoms with Gasteiger partial charge in [-0.05, 0) is 32.1 Å². The van der Waals surface area contributed by atoms with Gasteiger partial charge in [0.1, 0.15) is 18.9 Å². The van der Waals surface area contributed by atoms with Crippen molar-refractivity contribution in [3.8, 4) is 0 Å². The molecule has 0 amide bonds. The number of aliphatic carboxylic acids is 1. The van der Waals surface area contributed by atoms with Crippen molar-refractivity contribution in [3.63, 3.8) is 0 Å². The zero-order chi connectivity index (χ0) is 24.2. The van der Waals surface area contributed by atoms with Gasteiger partial charge in [-0.25, -0.2) is 9.48 Å². The van der Waals surface area contributed by atoms with Crippen LogP contribution in [0.4, 0.5) is 0 Å². The number of nitrogens with two attached hydrogens (primary N) is 1. The van der Waals surface area contributed by atoms with Crippen molar-refractivity contribution < 1.29 is 14.4 Å². The van der Waals surface area contributed by atoms with Gasteiger partial charge in [0.25, 0.3) is 0 Å². The number of carbonyl (C=O) groups excluding carboxylic acids is 1. The number of amidine groups is 1. The number of carbonyl (C=O) groups is 1. The minimum Gasteiger partial charge on any atom is -0.544 e. The lowest BCUT2D eigenvalue weighted by Crippen LogP contribution is -2.60. The zero-order valence-corrected chi connectivity index (χ0v) is 21.6. The third-order valence-electron chi connectivity index (χ3n) is 6.82. The topological polar surface area (TPSA) is 78.5 Å². The summed E-state index contributed by atoms with van der Waals surface area (Å²) < 4.78 is 0.105. The fraction of sp³-hybridized carbons (Fsp3) is 0.786. The van der Waals surface area contributed by atoms with E-state index in [0.29, 0.717) is 0 Å². The minimum absolute atomic E-state index is 0.105. The predicted octanol–water partition coefficient (Wildman–Crippen LogP) is 6.34. The molecule has 0 radical (unpaired) electrons. The number of rotatable bonds is 22. The molecule has 190 valence electrons. The molecule has 0 saturated heterocycles. The Balaban J connectivity index is 1.95. The molecule has 0 aromatic heterocycles. The molecule has 1 rings (SSSR count). The van der Waals surface area contributed by atoms with Gasteiger partial charge in [-0.3, -0.25) is 5.73 Å². The molecule has 0 saturated carbocycles. The van der Waals surface area contributed by atoms with Crippen LogP contribution in [0.2, 0.25) is 0 Å². The zero-order valence-electron chi connectivity index (χ0n) is 21.6. The molecule has 33 heavy (non-hydrogen) atoms. The van der Waals surface area contributed by atoms with Crippen molar-refractivity contribution in [1.82, 2.24) is 0 Å². The Labute approximate surface area is 203 Å². The molecule has 0 fully saturated rings. The molecule has 1 heterocycles. The van der Waals surface area contributed by atoms with Gasteiger partial charge in [0, 0.05) is 13.3 Å². The predicted molar refractivity (Wildman–Crippen MR) is 138 cm³/mol. The number of carboxylic acid groups (broad SMARTS) is 1. The van der Waals surface area contributed by atoms with Crippen LogP contribution in [0.25, 0.3) is 0 Å². The summed E-state index contributed by atoms with van der Waals surface area (Å²) in [7, 11) is 0. The first-order valence-corrected chi connectivity index (χ1v) is 13.8. The number of hydrogen-bond donors (Lipinski definition) is 1. The minimum atomic E-state index is -1.09. The standard InChI is InChI=1S/C28H51N3O2/c1-3-4-5-6-7-8-9-10-11-12-13-14-15-16-17-18-19-20-21-22-27-30-23-24-31(27,26(2)29)25-28(32)33/h13-14,23-24,26H,3-12,15-22,25,29H2,1-2H3/b14-13+. The monoisotopic (exact) mass is 461 g/mol. The van der Waals surface area contributed by atoms with Gasteiger partial charge in [-0.1, -0.05) is 96.1 Å². The summed E-state index contributed by atoms with van der Waals surface area (Å²) in [6.07, 6.45) is 31.0. The molecule has 2 atom stereocenters. The average Bonchev–Trinajstić information content (AvgIpc) is 3.18. The number of hydrogen-bond acceptors (Lipinski definition) is 4. The van der Waals surface area contributed by atoms with Crippen LogP contribution in [0.5, 0.6) is 0 Å². The molecule has 5 nitrogen and oxygen atoms in total. The first-order chi connectivity index (χ1) is 16.0. The first kappa shape index (κ1) is 29.6. The number of allylic oxidation sites excluding steroid dienone is 2. The average molecular weight is 462 g/mol. The molecule has 0 aromatic rings. The second-order valence-corrected chi connectivity index (χ2v) is 9.79. The van der Waals surface area contributed by atoms with Crippen molar-refractivity contribution in [2.45, 2.75) is 136 Å². The third-order valence-corrected chi connectivity index (χ3v) is 6.82. The lowest BCUT2D eigenvalue weighted by Gasteiger charge is -2.36. The molecule has 1 aliphatic heterocycles. The first-order valence-electron chi connectivity index (χ1n) is 13.8. The van der Waals surface area contributed by atoms with Crippen molar-refractivity contribution in [2.24, 2.45) is 10.7 Å². The number of carboxylic acids is 1. The molecule has 0 spiro atoms. The summed E-state index contributed by atoms with van der Waals surface area (Å²) >= 11 is 0. The van der Waals surface area contributed by atoms with E-state index in [4.69, 9.17) is 5.73 Å². The van der Waals surface area contributed by atoms with E-state index >= 15 is 0 Å². The van der Waals surface area contributed by atoms with Crippen LogP contribution in [-0.4, -0.2) is 29.0 Å². The van der Waals surface area contributed by atoms with Gasteiger partial charge in [0.05, 0.1) is 12.2 Å². The van der Waals surface area contributed by atoms with E-state index in [0.717, 1.165) is 25.1 Å². The molecular weight excluding hydrogens is 410 g/mol. The maximum absolute atomic E-state index is 11.2. The number of nitrogens with zero attached hydrogens (tertiary/aromatic N) is 2. The molecule has 2 unspecified atom stereocenters. The van der Waals surface area contributed by atoms with Gasteiger partial charge in [-0.2, -0.15) is 0 Å². The van der Waals surface area contributed by atoms with Crippen molar-refractivity contribution >= 4 is 11.8 Å². The molecule has 2 N–H and O–H groups in total. The van der Waals surface area contributed by atoms with Crippen LogP contribution in [-0.2, 0) is 4.79 Å². The van der Waals surface area contributed by atoms with E-state index in [9.17, 15) is 9.90 Å². The van der Waals surface area contributed by atoms with E-state index in [1.807, 2.05) is 6.92 Å². The van der Waals surface area contributed by atoms with E-state index in [1.54, 1.807) is 12.4 Å². The number of aliphatic imine (C=N–C) groups is 1. The molecule has 0 aromatic carbocycles. The Hall–Kier alpha value is -1.46. The number of unbranched alkanes of at least 4 members (excludes halogenated alkanes) is 15. The van der Waals surface area contributed by atoms with Gasteiger partial charge in [-0.15, -0.1) is 0 Å². The van der Waals surface area contributed by atoms with Gasteiger partial charge in [0.15, 0.2) is 0 Å². The van der Waals surface area contributed by atoms with Crippen molar-refractivity contribution in [2.75, 3.05) is 6.54 Å². The third kappa shape index (κ3) is 13.1. The highest BCUT2D eigenvalue weighted by Crippen LogP contribution is 2.23. The Morgan fingerprint density at radius 2 is 1.39 bits per heavy atom. The van der Waals surface area contributed by atoms with Gasteiger partial charge in [0.2, 0.25) is 5.84 Å². The highest BCUT2D eigenvalue weighted by molar-refractivity contribution is 5.81. The quantitative estimate of drug-likeness (QED) is 0.116. The summed E-state index contributed by atoms with van der Waals surface area (Å²) in [5, 5.41) is 11.2. The second-order valence-electron chi connectivity index (χ2n) is 9.79. The fourth-order valence-corrected chi connectivity index (χ4v) is 4.64. The maximum atomic E-state index is 11.2. The normalized spacial score (nSPS) is 18.8. The van der Waals surface area contributed by atoms with Crippen molar-refractivity contribution in [1.29, 1.82) is 0 Å². The molecular formula is C28H51N3O2. The SMILES string of the molecule is CCCCCCCCCCC/C=C/CCCCCCCCC1=NC=C[N+]1(CC(=O)[O-])C(C)N. The molecule has 1 aliphatic rings. The van der Waals surface area contributed by atoms with Crippen LogP contribution < -0.4 is 10.8 Å². The highest BCUT2D eigenvalue weighted by atomic mass is 16.4. The van der Waals surface area contributed by atoms with Crippen LogP contribution in [0.3, 0.4) is 0 Å². The summed E-state index contributed by atoms with van der Waals surface area (Å²) in [4.78, 5) is 15.6. The lowest BCUT2D eigenvalue weighted by molar-refractivity contribution is -0.808. The van der Waals surface area contributed by atoms with E-state index in [-0.39, 0.29) is 17.2 Å². The molecule has 0 aliphatic carbocycles. The van der Waals surface area contributed by atoms with Crippen LogP contribution in [0.15, 0.2) is 29.5 Å². The highest BCUT2D eigenvalue weighted by Gasteiger charge is 2.38. The Morgan fingerprint density at radius 1 is 0.909 bits per heavy atom. The number of quaternary nitrogens is 1. The summed E-state index contributed by atoms with van der Waals surface area (Å²) in [6.45, 7) is 3.97. The maximum Gasteiger partial charge on any atom is 0.209 e. The largest absolute Gasteiger partial charge is 0.544 e. The van der Waals surface area contributed by atoms with E-state index < -0.39 is 5.97 Å². The van der Waals surface area contributed by atoms with Crippen LogP contribution >= 0.6 is 0 Å². The van der Waals surface area contributed by atoms with Crippen molar-refractivity contribution in [3.05, 3.63) is 24.6 Å². The van der Waals surface area contributed by atoms with E-state index in [2.05, 4.69) is 24.1 Å². The molecule has 0 bridgehead atoms. The van der Waals surface area contributed by atoms with Crippen LogP contribution in [0.1, 0.15) is 129 Å². The summed E-state index contributed by atoms with van der Waals surface area (Å²) in [5.74, 6) is -0.236. The summed E-state index contributed by atoms with van der Waals surface area (Å²) in [5.41, 5.74) is 6.09. The molecule has 5 heteroatoms.